The number of carbonyl (C=O) groups excluding carboxylic acids is 1. The van der Waals surface area contributed by atoms with Crippen LogP contribution in [0, 0.1) is 6.92 Å². The van der Waals surface area contributed by atoms with E-state index < -0.39 is 0 Å². The Kier molecular flexibility index (Phi) is 4.91. The summed E-state index contributed by atoms with van der Waals surface area (Å²) in [5, 5.41) is 1.10. The first-order chi connectivity index (χ1) is 12.0. The highest BCUT2D eigenvalue weighted by molar-refractivity contribution is 6.30. The van der Waals surface area contributed by atoms with Crippen molar-refractivity contribution in [1.82, 2.24) is 9.88 Å². The summed E-state index contributed by atoms with van der Waals surface area (Å²) in [7, 11) is 3.40. The number of aryl methyl sites for hydroxylation is 1. The molecule has 4 nitrogen and oxygen atoms in total. The summed E-state index contributed by atoms with van der Waals surface area (Å²) in [4.78, 5) is 18.9. The average molecular weight is 355 g/mol. The van der Waals surface area contributed by atoms with Gasteiger partial charge in [0.05, 0.1) is 18.2 Å². The Hall–Kier alpha value is -2.59. The fraction of sp³-hybridized carbons (Fsp3) is 0.200. The van der Waals surface area contributed by atoms with Crippen molar-refractivity contribution in [1.29, 1.82) is 0 Å². The summed E-state index contributed by atoms with van der Waals surface area (Å²) in [5.41, 5.74) is 3.33. The van der Waals surface area contributed by atoms with E-state index in [1.165, 1.54) is 0 Å². The van der Waals surface area contributed by atoms with E-state index in [1.807, 2.05) is 49.4 Å². The third-order valence-electron chi connectivity index (χ3n) is 4.11. The van der Waals surface area contributed by atoms with Gasteiger partial charge in [0.1, 0.15) is 10.9 Å². The monoisotopic (exact) mass is 354 g/mol. The number of benzene rings is 2. The van der Waals surface area contributed by atoms with Crippen LogP contribution in [0.2, 0.25) is 5.15 Å². The molecule has 1 heterocycles. The Balaban J connectivity index is 1.95. The van der Waals surface area contributed by atoms with Crippen molar-refractivity contribution in [3.8, 4) is 5.75 Å². The Morgan fingerprint density at radius 3 is 2.72 bits per heavy atom. The number of amides is 1. The molecule has 0 bridgehead atoms. The number of nitrogens with zero attached hydrogens (tertiary/aromatic N) is 2. The zero-order chi connectivity index (χ0) is 18.0. The SMILES string of the molecule is COc1ccc(C)cc1CN(C)C(=O)c1cc(Cl)nc2ccccc12. The van der Waals surface area contributed by atoms with Gasteiger partial charge in [0.15, 0.2) is 0 Å². The minimum Gasteiger partial charge on any atom is -0.496 e. The molecule has 5 heteroatoms. The Labute approximate surface area is 152 Å². The van der Waals surface area contributed by atoms with Crippen LogP contribution in [-0.4, -0.2) is 29.9 Å². The standard InChI is InChI=1S/C20H19ClN2O2/c1-13-8-9-18(25-3)14(10-13)12-23(2)20(24)16-11-19(21)22-17-7-5-4-6-15(16)17/h4-11H,12H2,1-3H3. The molecule has 0 atom stereocenters. The first-order valence-electron chi connectivity index (χ1n) is 7.94. The number of hydrogen-bond acceptors (Lipinski definition) is 3. The second kappa shape index (κ2) is 7.11. The van der Waals surface area contributed by atoms with Gasteiger partial charge in [0.2, 0.25) is 0 Å². The molecule has 0 saturated heterocycles. The minimum atomic E-state index is -0.107. The van der Waals surface area contributed by atoms with Gasteiger partial charge in [0.25, 0.3) is 5.91 Å². The second-order valence-electron chi connectivity index (χ2n) is 5.99. The molecule has 0 spiro atoms. The van der Waals surface area contributed by atoms with Crippen LogP contribution in [0.4, 0.5) is 0 Å². The van der Waals surface area contributed by atoms with Gasteiger partial charge in [-0.1, -0.05) is 47.5 Å². The van der Waals surface area contributed by atoms with Crippen molar-refractivity contribution < 1.29 is 9.53 Å². The van der Waals surface area contributed by atoms with E-state index in [2.05, 4.69) is 4.98 Å². The van der Waals surface area contributed by atoms with Crippen LogP contribution in [0.25, 0.3) is 10.9 Å². The molecule has 3 aromatic rings. The van der Waals surface area contributed by atoms with Gasteiger partial charge in [-0.3, -0.25) is 4.79 Å². The van der Waals surface area contributed by atoms with E-state index in [9.17, 15) is 4.79 Å². The third kappa shape index (κ3) is 3.59. The molecule has 0 fully saturated rings. The van der Waals surface area contributed by atoms with Crippen LogP contribution in [-0.2, 0) is 6.54 Å². The maximum Gasteiger partial charge on any atom is 0.254 e. The molecule has 3 rings (SSSR count). The molecule has 0 aliphatic heterocycles. The zero-order valence-electron chi connectivity index (χ0n) is 14.4. The fourth-order valence-electron chi connectivity index (χ4n) is 2.88. The van der Waals surface area contributed by atoms with E-state index in [0.29, 0.717) is 22.8 Å². The Morgan fingerprint density at radius 1 is 1.20 bits per heavy atom. The van der Waals surface area contributed by atoms with Crippen molar-refractivity contribution in [3.63, 3.8) is 0 Å². The average Bonchev–Trinajstić information content (AvgIpc) is 2.60. The lowest BCUT2D eigenvalue weighted by Crippen LogP contribution is -2.26. The highest BCUT2D eigenvalue weighted by Gasteiger charge is 2.18. The molecule has 0 N–H and O–H groups in total. The van der Waals surface area contributed by atoms with Gasteiger partial charge in [-0.2, -0.15) is 0 Å². The number of halogens is 1. The smallest absolute Gasteiger partial charge is 0.254 e. The number of pyridine rings is 1. The molecule has 0 radical (unpaired) electrons. The molecule has 1 amide bonds. The molecular formula is C20H19ClN2O2. The minimum absolute atomic E-state index is 0.107. The molecular weight excluding hydrogens is 336 g/mol. The molecule has 0 saturated carbocycles. The van der Waals surface area contributed by atoms with E-state index in [-0.39, 0.29) is 5.91 Å². The molecule has 2 aromatic carbocycles. The highest BCUT2D eigenvalue weighted by atomic mass is 35.5. The first kappa shape index (κ1) is 17.2. The van der Waals surface area contributed by atoms with Crippen molar-refractivity contribution >= 4 is 28.4 Å². The topological polar surface area (TPSA) is 42.4 Å². The van der Waals surface area contributed by atoms with E-state index in [1.54, 1.807) is 25.1 Å². The maximum absolute atomic E-state index is 13.0. The van der Waals surface area contributed by atoms with E-state index in [4.69, 9.17) is 16.3 Å². The van der Waals surface area contributed by atoms with E-state index >= 15 is 0 Å². The fourth-order valence-corrected chi connectivity index (χ4v) is 3.08. The highest BCUT2D eigenvalue weighted by Crippen LogP contribution is 2.25. The number of rotatable bonds is 4. The van der Waals surface area contributed by atoms with Gasteiger partial charge >= 0.3 is 0 Å². The van der Waals surface area contributed by atoms with Gasteiger partial charge in [-0.05, 0) is 25.1 Å². The zero-order valence-corrected chi connectivity index (χ0v) is 15.2. The van der Waals surface area contributed by atoms with Crippen LogP contribution in [0.3, 0.4) is 0 Å². The van der Waals surface area contributed by atoms with Crippen LogP contribution < -0.4 is 4.74 Å². The summed E-state index contributed by atoms with van der Waals surface area (Å²) >= 11 is 6.10. The van der Waals surface area contributed by atoms with Crippen molar-refractivity contribution in [2.75, 3.05) is 14.2 Å². The van der Waals surface area contributed by atoms with Crippen LogP contribution >= 0.6 is 11.6 Å². The lowest BCUT2D eigenvalue weighted by atomic mass is 10.1. The third-order valence-corrected chi connectivity index (χ3v) is 4.30. The predicted octanol–water partition coefficient (Wildman–Crippen LogP) is 4.48. The predicted molar refractivity (Wildman–Crippen MR) is 100 cm³/mol. The van der Waals surface area contributed by atoms with Gasteiger partial charge < -0.3 is 9.64 Å². The molecule has 0 aliphatic rings. The first-order valence-corrected chi connectivity index (χ1v) is 8.31. The van der Waals surface area contributed by atoms with Gasteiger partial charge in [0, 0.05) is 24.5 Å². The summed E-state index contributed by atoms with van der Waals surface area (Å²) in [5.74, 6) is 0.659. The largest absolute Gasteiger partial charge is 0.496 e. The normalized spacial score (nSPS) is 10.7. The summed E-state index contributed by atoms with van der Waals surface area (Å²) < 4.78 is 5.41. The summed E-state index contributed by atoms with van der Waals surface area (Å²) in [6.07, 6.45) is 0. The van der Waals surface area contributed by atoms with Crippen molar-refractivity contribution in [3.05, 3.63) is 70.4 Å². The molecule has 0 unspecified atom stereocenters. The number of para-hydroxylation sites is 1. The number of methoxy groups -OCH3 is 1. The quantitative estimate of drug-likeness (QED) is 0.649. The molecule has 0 aliphatic carbocycles. The van der Waals surface area contributed by atoms with Gasteiger partial charge in [-0.25, -0.2) is 4.98 Å². The number of carbonyl (C=O) groups is 1. The Morgan fingerprint density at radius 2 is 1.96 bits per heavy atom. The molecule has 128 valence electrons. The summed E-state index contributed by atoms with van der Waals surface area (Å²) in [6.45, 7) is 2.46. The number of ether oxygens (including phenoxy) is 1. The summed E-state index contributed by atoms with van der Waals surface area (Å²) in [6, 6.07) is 15.0. The number of aromatic nitrogens is 1. The number of fused-ring (bicyclic) bond motifs is 1. The van der Waals surface area contributed by atoms with Crippen molar-refractivity contribution in [2.45, 2.75) is 13.5 Å². The molecule has 1 aromatic heterocycles. The van der Waals surface area contributed by atoms with Crippen LogP contribution in [0.15, 0.2) is 48.5 Å². The maximum atomic E-state index is 13.0. The van der Waals surface area contributed by atoms with Crippen molar-refractivity contribution in [2.24, 2.45) is 0 Å². The lowest BCUT2D eigenvalue weighted by molar-refractivity contribution is 0.0786. The Bertz CT molecular complexity index is 940. The van der Waals surface area contributed by atoms with E-state index in [0.717, 1.165) is 22.3 Å². The number of hydrogen-bond donors (Lipinski definition) is 0. The van der Waals surface area contributed by atoms with Crippen LogP contribution in [0.1, 0.15) is 21.5 Å². The van der Waals surface area contributed by atoms with Gasteiger partial charge in [-0.15, -0.1) is 0 Å². The van der Waals surface area contributed by atoms with Crippen LogP contribution in [0.5, 0.6) is 5.75 Å². The second-order valence-corrected chi connectivity index (χ2v) is 6.37. The molecule has 25 heavy (non-hydrogen) atoms. The lowest BCUT2D eigenvalue weighted by Gasteiger charge is -2.20.